The van der Waals surface area contributed by atoms with Crippen LogP contribution in [0.15, 0.2) is 30.5 Å². The van der Waals surface area contributed by atoms with E-state index in [1.807, 2.05) is 6.20 Å². The summed E-state index contributed by atoms with van der Waals surface area (Å²) in [4.78, 5) is 3.26. The molecule has 0 amide bonds. The van der Waals surface area contributed by atoms with Crippen molar-refractivity contribution in [2.24, 2.45) is 5.92 Å². The predicted molar refractivity (Wildman–Crippen MR) is 73.4 cm³/mol. The molecule has 1 N–H and O–H groups in total. The first kappa shape index (κ1) is 11.8. The Bertz CT molecular complexity index is 657. The second-order valence-corrected chi connectivity index (χ2v) is 7.40. The molecule has 3 rings (SSSR count). The number of nitrogens with one attached hydrogen (secondary N) is 1. The molecule has 0 radical (unpaired) electrons. The van der Waals surface area contributed by atoms with E-state index in [9.17, 15) is 8.42 Å². The zero-order chi connectivity index (χ0) is 12.6. The van der Waals surface area contributed by atoms with E-state index in [0.717, 1.165) is 19.3 Å². The van der Waals surface area contributed by atoms with Crippen molar-refractivity contribution >= 4 is 20.7 Å². The Kier molecular flexibility index (Phi) is 2.90. The molecule has 0 aliphatic carbocycles. The largest absolute Gasteiger partial charge is 0.361 e. The van der Waals surface area contributed by atoms with E-state index in [1.165, 1.54) is 16.5 Å². The Labute approximate surface area is 107 Å². The van der Waals surface area contributed by atoms with Gasteiger partial charge in [0, 0.05) is 11.7 Å². The number of sulfone groups is 1. The van der Waals surface area contributed by atoms with Crippen LogP contribution in [0.2, 0.25) is 0 Å². The SMILES string of the molecule is O=S1(=O)CC[C@@H](CCc2cccc3cc[nH]c23)C1. The first-order chi connectivity index (χ1) is 8.64. The van der Waals surface area contributed by atoms with Crippen LogP contribution in [-0.2, 0) is 16.3 Å². The third-order valence-corrected chi connectivity index (χ3v) is 5.66. The summed E-state index contributed by atoms with van der Waals surface area (Å²) in [5.74, 6) is 1.11. The van der Waals surface area contributed by atoms with Crippen molar-refractivity contribution in [3.63, 3.8) is 0 Å². The van der Waals surface area contributed by atoms with Gasteiger partial charge in [-0.15, -0.1) is 0 Å². The first-order valence-electron chi connectivity index (χ1n) is 6.39. The van der Waals surface area contributed by atoms with Gasteiger partial charge >= 0.3 is 0 Å². The molecule has 1 atom stereocenters. The molecule has 18 heavy (non-hydrogen) atoms. The summed E-state index contributed by atoms with van der Waals surface area (Å²) in [7, 11) is -2.74. The standard InChI is InChI=1S/C14H17NO2S/c16-18(17)9-7-11(10-18)4-5-12-2-1-3-13-6-8-15-14(12)13/h1-3,6,8,11,15H,4-5,7,9-10H2/t11-/m1/s1. The van der Waals surface area contributed by atoms with Crippen LogP contribution in [0.5, 0.6) is 0 Å². The van der Waals surface area contributed by atoms with E-state index >= 15 is 0 Å². The van der Waals surface area contributed by atoms with Crippen LogP contribution in [0.4, 0.5) is 0 Å². The Balaban J connectivity index is 1.72. The van der Waals surface area contributed by atoms with E-state index in [4.69, 9.17) is 0 Å². The van der Waals surface area contributed by atoms with Crippen LogP contribution in [-0.4, -0.2) is 24.9 Å². The average Bonchev–Trinajstić information content (AvgIpc) is 2.92. The van der Waals surface area contributed by atoms with Gasteiger partial charge in [0.1, 0.15) is 0 Å². The van der Waals surface area contributed by atoms with Crippen molar-refractivity contribution in [1.29, 1.82) is 0 Å². The van der Waals surface area contributed by atoms with E-state index in [2.05, 4.69) is 29.2 Å². The van der Waals surface area contributed by atoms with Crippen molar-refractivity contribution in [3.05, 3.63) is 36.0 Å². The van der Waals surface area contributed by atoms with Gasteiger partial charge in [-0.25, -0.2) is 8.42 Å². The van der Waals surface area contributed by atoms with Gasteiger partial charge in [0.2, 0.25) is 0 Å². The Hall–Kier alpha value is -1.29. The van der Waals surface area contributed by atoms with Crippen molar-refractivity contribution < 1.29 is 8.42 Å². The molecule has 1 fully saturated rings. The lowest BCUT2D eigenvalue weighted by Gasteiger charge is -2.08. The molecule has 2 heterocycles. The fourth-order valence-corrected chi connectivity index (χ4v) is 4.73. The van der Waals surface area contributed by atoms with Gasteiger partial charge in [0.05, 0.1) is 11.5 Å². The van der Waals surface area contributed by atoms with E-state index in [-0.39, 0.29) is 0 Å². The predicted octanol–water partition coefficient (Wildman–Crippen LogP) is 2.54. The van der Waals surface area contributed by atoms with Gasteiger partial charge in [0.25, 0.3) is 0 Å². The van der Waals surface area contributed by atoms with Crippen LogP contribution < -0.4 is 0 Å². The van der Waals surface area contributed by atoms with Crippen LogP contribution in [0, 0.1) is 5.92 Å². The quantitative estimate of drug-likeness (QED) is 0.925. The number of aryl methyl sites for hydroxylation is 1. The van der Waals surface area contributed by atoms with Crippen LogP contribution in [0.3, 0.4) is 0 Å². The van der Waals surface area contributed by atoms with E-state index < -0.39 is 9.84 Å². The number of aromatic nitrogens is 1. The summed E-state index contributed by atoms with van der Waals surface area (Å²) in [5.41, 5.74) is 2.49. The number of aromatic amines is 1. The zero-order valence-corrected chi connectivity index (χ0v) is 11.0. The third kappa shape index (κ3) is 2.29. The van der Waals surface area contributed by atoms with E-state index in [1.54, 1.807) is 0 Å². The van der Waals surface area contributed by atoms with Gasteiger partial charge in [-0.3, -0.25) is 0 Å². The number of hydrogen-bond acceptors (Lipinski definition) is 2. The van der Waals surface area contributed by atoms with Gasteiger partial charge in [-0.1, -0.05) is 18.2 Å². The Morgan fingerprint density at radius 3 is 2.94 bits per heavy atom. The highest BCUT2D eigenvalue weighted by molar-refractivity contribution is 7.91. The van der Waals surface area contributed by atoms with Crippen molar-refractivity contribution in [2.75, 3.05) is 11.5 Å². The van der Waals surface area contributed by atoms with Gasteiger partial charge < -0.3 is 4.98 Å². The number of hydrogen-bond donors (Lipinski definition) is 1. The topological polar surface area (TPSA) is 49.9 Å². The number of rotatable bonds is 3. The van der Waals surface area contributed by atoms with Gasteiger partial charge in [-0.05, 0) is 42.2 Å². The summed E-state index contributed by atoms with van der Waals surface area (Å²) in [6.45, 7) is 0. The lowest BCUT2D eigenvalue weighted by Crippen LogP contribution is -2.06. The van der Waals surface area contributed by atoms with Gasteiger partial charge in [-0.2, -0.15) is 0 Å². The molecule has 4 heteroatoms. The average molecular weight is 263 g/mol. The maximum Gasteiger partial charge on any atom is 0.150 e. The lowest BCUT2D eigenvalue weighted by atomic mass is 9.98. The summed E-state index contributed by atoms with van der Waals surface area (Å²) >= 11 is 0. The molecule has 0 bridgehead atoms. The molecule has 1 aliphatic rings. The van der Waals surface area contributed by atoms with Crippen LogP contribution in [0.1, 0.15) is 18.4 Å². The molecule has 3 nitrogen and oxygen atoms in total. The number of para-hydroxylation sites is 1. The fourth-order valence-electron chi connectivity index (χ4n) is 2.82. The van der Waals surface area contributed by atoms with E-state index in [0.29, 0.717) is 17.4 Å². The molecule has 0 unspecified atom stereocenters. The highest BCUT2D eigenvalue weighted by atomic mass is 32.2. The molecular weight excluding hydrogens is 246 g/mol. The third-order valence-electron chi connectivity index (χ3n) is 3.82. The maximum atomic E-state index is 11.4. The lowest BCUT2D eigenvalue weighted by molar-refractivity contribution is 0.543. The normalized spacial score (nSPS) is 22.6. The van der Waals surface area contributed by atoms with Crippen LogP contribution in [0.25, 0.3) is 10.9 Å². The minimum absolute atomic E-state index is 0.347. The smallest absolute Gasteiger partial charge is 0.150 e. The summed E-state index contributed by atoms with van der Waals surface area (Å²) in [5, 5.41) is 1.23. The number of benzene rings is 1. The summed E-state index contributed by atoms with van der Waals surface area (Å²) in [6, 6.07) is 8.35. The van der Waals surface area contributed by atoms with Crippen LogP contribution >= 0.6 is 0 Å². The molecule has 1 aromatic heterocycles. The molecule has 96 valence electrons. The zero-order valence-electron chi connectivity index (χ0n) is 10.2. The number of H-pyrrole nitrogens is 1. The van der Waals surface area contributed by atoms with Crippen molar-refractivity contribution in [1.82, 2.24) is 4.98 Å². The monoisotopic (exact) mass is 263 g/mol. The molecule has 0 saturated carbocycles. The Morgan fingerprint density at radius 2 is 2.17 bits per heavy atom. The van der Waals surface area contributed by atoms with Crippen molar-refractivity contribution in [2.45, 2.75) is 19.3 Å². The molecule has 1 aliphatic heterocycles. The highest BCUT2D eigenvalue weighted by Gasteiger charge is 2.27. The molecule has 0 spiro atoms. The summed E-state index contributed by atoms with van der Waals surface area (Å²) in [6.07, 6.45) is 4.71. The summed E-state index contributed by atoms with van der Waals surface area (Å²) < 4.78 is 22.8. The highest BCUT2D eigenvalue weighted by Crippen LogP contribution is 2.25. The Morgan fingerprint density at radius 1 is 1.28 bits per heavy atom. The van der Waals surface area contributed by atoms with Crippen molar-refractivity contribution in [3.8, 4) is 0 Å². The minimum atomic E-state index is -2.74. The van der Waals surface area contributed by atoms with Gasteiger partial charge in [0.15, 0.2) is 9.84 Å². The molecule has 1 saturated heterocycles. The first-order valence-corrected chi connectivity index (χ1v) is 8.22. The maximum absolute atomic E-state index is 11.4. The molecule has 1 aromatic carbocycles. The molecule has 2 aromatic rings. The fraction of sp³-hybridized carbons (Fsp3) is 0.429. The second-order valence-electron chi connectivity index (χ2n) is 5.17. The second kappa shape index (κ2) is 4.43. The number of fused-ring (bicyclic) bond motifs is 1. The molecular formula is C14H17NO2S. The minimum Gasteiger partial charge on any atom is -0.361 e.